The molecule has 1 aromatic heterocycles. The summed E-state index contributed by atoms with van der Waals surface area (Å²) in [6.07, 6.45) is 13.1. The normalized spacial score (nSPS) is 53.6. The maximum atomic E-state index is 10.6. The predicted octanol–water partition coefficient (Wildman–Crippen LogP) is 5.55. The fourth-order valence-electron chi connectivity index (χ4n) is 8.32. The van der Waals surface area contributed by atoms with Crippen molar-refractivity contribution in [2.75, 3.05) is 0 Å². The van der Waals surface area contributed by atoms with Gasteiger partial charge in [-0.25, -0.2) is 0 Å². The molecule has 4 aliphatic rings. The largest absolute Gasteiger partial charge is 0.390 e. The number of hydrogen-bond acceptors (Lipinski definition) is 3. The zero-order valence-corrected chi connectivity index (χ0v) is 16.7. The Morgan fingerprint density at radius 3 is 2.54 bits per heavy atom. The van der Waals surface area contributed by atoms with Gasteiger partial charge in [0.05, 0.1) is 11.3 Å². The lowest BCUT2D eigenvalue weighted by atomic mass is 9.44. The Morgan fingerprint density at radius 2 is 1.77 bits per heavy atom. The fraction of sp³-hybridized carbons (Fsp3) is 0.870. The lowest BCUT2D eigenvalue weighted by Crippen LogP contribution is -2.55. The molecular weight excluding hydrogens is 322 g/mol. The first kappa shape index (κ1) is 17.3. The molecule has 4 aliphatic carbocycles. The van der Waals surface area contributed by atoms with E-state index in [0.29, 0.717) is 16.7 Å². The zero-order chi connectivity index (χ0) is 18.2. The Labute approximate surface area is 157 Å². The van der Waals surface area contributed by atoms with E-state index in [9.17, 15) is 5.11 Å². The van der Waals surface area contributed by atoms with Crippen molar-refractivity contribution < 1.29 is 9.63 Å². The second kappa shape index (κ2) is 5.59. The summed E-state index contributed by atoms with van der Waals surface area (Å²) >= 11 is 0. The van der Waals surface area contributed by atoms with Crippen LogP contribution in [0.25, 0.3) is 0 Å². The van der Waals surface area contributed by atoms with E-state index in [1.807, 2.05) is 0 Å². The molecule has 0 spiro atoms. The van der Waals surface area contributed by atoms with Crippen LogP contribution in [0.15, 0.2) is 16.9 Å². The highest BCUT2D eigenvalue weighted by Crippen LogP contribution is 2.69. The fourth-order valence-corrected chi connectivity index (χ4v) is 8.32. The molecule has 26 heavy (non-hydrogen) atoms. The van der Waals surface area contributed by atoms with Gasteiger partial charge in [0.15, 0.2) is 0 Å². The SMILES string of the molecule is C[C@@]1(O)CC[C@@]2(C)[C@H](CC[C@@H]3[C@@H]2CC[C@]2(C)[C@@H](c4ccon4)CC[C@@H]32)C1. The summed E-state index contributed by atoms with van der Waals surface area (Å²) in [4.78, 5) is 0. The molecule has 0 amide bonds. The molecule has 144 valence electrons. The van der Waals surface area contributed by atoms with Gasteiger partial charge in [0.1, 0.15) is 6.26 Å². The standard InChI is InChI=1S/C23H35NO2/c1-21(25)11-12-22(2)15(14-21)4-5-16-17-6-7-19(20-9-13-26-24-20)23(17,3)10-8-18(16)22/h9,13,15-19,25H,4-8,10-12,14H2,1-3H3/t15-,16+,17+,18+,19-,21-,22+,23+/m1/s1. The molecule has 4 saturated carbocycles. The minimum atomic E-state index is -0.425. The van der Waals surface area contributed by atoms with Crippen LogP contribution in [-0.4, -0.2) is 15.9 Å². The van der Waals surface area contributed by atoms with E-state index in [-0.39, 0.29) is 0 Å². The Balaban J connectivity index is 1.43. The summed E-state index contributed by atoms with van der Waals surface area (Å²) in [5, 5.41) is 15.0. The van der Waals surface area contributed by atoms with Crippen molar-refractivity contribution in [1.82, 2.24) is 5.16 Å². The average molecular weight is 358 g/mol. The van der Waals surface area contributed by atoms with Crippen LogP contribution in [0.4, 0.5) is 0 Å². The van der Waals surface area contributed by atoms with Crippen molar-refractivity contribution in [3.05, 3.63) is 18.0 Å². The number of fused-ring (bicyclic) bond motifs is 5. The number of aromatic nitrogens is 1. The Morgan fingerprint density at radius 1 is 0.962 bits per heavy atom. The molecule has 8 atom stereocenters. The average Bonchev–Trinajstić information content (AvgIpc) is 3.22. The zero-order valence-electron chi connectivity index (χ0n) is 16.7. The summed E-state index contributed by atoms with van der Waals surface area (Å²) in [6.45, 7) is 7.20. The van der Waals surface area contributed by atoms with E-state index >= 15 is 0 Å². The monoisotopic (exact) mass is 357 g/mol. The molecule has 1 heterocycles. The van der Waals surface area contributed by atoms with Gasteiger partial charge >= 0.3 is 0 Å². The van der Waals surface area contributed by atoms with Gasteiger partial charge in [0.2, 0.25) is 0 Å². The summed E-state index contributed by atoms with van der Waals surface area (Å²) in [5.74, 6) is 3.92. The molecule has 0 aliphatic heterocycles. The summed E-state index contributed by atoms with van der Waals surface area (Å²) in [5.41, 5.74) is 1.63. The van der Waals surface area contributed by atoms with Crippen molar-refractivity contribution in [2.24, 2.45) is 34.5 Å². The third kappa shape index (κ3) is 2.31. The van der Waals surface area contributed by atoms with Gasteiger partial charge in [-0.05, 0) is 99.2 Å². The highest BCUT2D eigenvalue weighted by Gasteiger charge is 2.61. The van der Waals surface area contributed by atoms with Crippen molar-refractivity contribution in [2.45, 2.75) is 90.1 Å². The highest BCUT2D eigenvalue weighted by molar-refractivity contribution is 5.18. The Hall–Kier alpha value is -0.830. The van der Waals surface area contributed by atoms with E-state index in [1.54, 1.807) is 6.26 Å². The van der Waals surface area contributed by atoms with Gasteiger partial charge in [0, 0.05) is 12.0 Å². The lowest BCUT2D eigenvalue weighted by Gasteiger charge is -2.61. The molecule has 5 rings (SSSR count). The topological polar surface area (TPSA) is 46.3 Å². The molecule has 0 radical (unpaired) electrons. The van der Waals surface area contributed by atoms with Crippen molar-refractivity contribution in [1.29, 1.82) is 0 Å². The van der Waals surface area contributed by atoms with Gasteiger partial charge < -0.3 is 9.63 Å². The van der Waals surface area contributed by atoms with Gasteiger partial charge in [0.25, 0.3) is 0 Å². The van der Waals surface area contributed by atoms with Crippen LogP contribution < -0.4 is 0 Å². The second-order valence-electron chi connectivity index (χ2n) is 11.0. The van der Waals surface area contributed by atoms with Crippen LogP contribution in [0.5, 0.6) is 0 Å². The van der Waals surface area contributed by atoms with E-state index in [4.69, 9.17) is 4.52 Å². The summed E-state index contributed by atoms with van der Waals surface area (Å²) in [6, 6.07) is 2.10. The van der Waals surface area contributed by atoms with E-state index < -0.39 is 5.60 Å². The van der Waals surface area contributed by atoms with Crippen molar-refractivity contribution in [3.63, 3.8) is 0 Å². The quantitative estimate of drug-likeness (QED) is 0.716. The van der Waals surface area contributed by atoms with Gasteiger partial charge in [-0.15, -0.1) is 0 Å². The lowest BCUT2D eigenvalue weighted by molar-refractivity contribution is -0.143. The summed E-state index contributed by atoms with van der Waals surface area (Å²) in [7, 11) is 0. The molecule has 1 N–H and O–H groups in total. The molecule has 0 unspecified atom stereocenters. The first-order chi connectivity index (χ1) is 12.3. The van der Waals surface area contributed by atoms with E-state index in [1.165, 1.54) is 50.6 Å². The maximum Gasteiger partial charge on any atom is 0.124 e. The van der Waals surface area contributed by atoms with Gasteiger partial charge in [-0.3, -0.25) is 0 Å². The van der Waals surface area contributed by atoms with Crippen LogP contribution in [0.2, 0.25) is 0 Å². The van der Waals surface area contributed by atoms with Crippen molar-refractivity contribution in [3.8, 4) is 0 Å². The minimum Gasteiger partial charge on any atom is -0.390 e. The van der Waals surface area contributed by atoms with Gasteiger partial charge in [-0.1, -0.05) is 19.0 Å². The first-order valence-electron chi connectivity index (χ1n) is 11.0. The number of nitrogens with zero attached hydrogens (tertiary/aromatic N) is 1. The number of aliphatic hydroxyl groups is 1. The van der Waals surface area contributed by atoms with Crippen molar-refractivity contribution >= 4 is 0 Å². The molecule has 0 aromatic carbocycles. The van der Waals surface area contributed by atoms with E-state index in [0.717, 1.165) is 36.5 Å². The van der Waals surface area contributed by atoms with Crippen LogP contribution >= 0.6 is 0 Å². The predicted molar refractivity (Wildman–Crippen MR) is 102 cm³/mol. The second-order valence-corrected chi connectivity index (χ2v) is 11.0. The molecule has 0 bridgehead atoms. The van der Waals surface area contributed by atoms with E-state index in [2.05, 4.69) is 32.0 Å². The first-order valence-corrected chi connectivity index (χ1v) is 11.0. The van der Waals surface area contributed by atoms with Crippen LogP contribution in [0.1, 0.15) is 90.2 Å². The molecule has 0 saturated heterocycles. The van der Waals surface area contributed by atoms with Crippen LogP contribution in [0, 0.1) is 34.5 Å². The molecule has 3 nitrogen and oxygen atoms in total. The third-order valence-corrected chi connectivity index (χ3v) is 9.77. The van der Waals surface area contributed by atoms with Gasteiger partial charge in [-0.2, -0.15) is 0 Å². The third-order valence-electron chi connectivity index (χ3n) is 9.77. The summed E-state index contributed by atoms with van der Waals surface area (Å²) < 4.78 is 5.19. The highest BCUT2D eigenvalue weighted by atomic mass is 16.5. The molecule has 3 heteroatoms. The Kier molecular flexibility index (Phi) is 3.72. The Bertz CT molecular complexity index is 668. The number of rotatable bonds is 1. The number of hydrogen-bond donors (Lipinski definition) is 1. The minimum absolute atomic E-state index is 0.404. The smallest absolute Gasteiger partial charge is 0.124 e. The maximum absolute atomic E-state index is 10.6. The molecular formula is C23H35NO2. The molecule has 1 aromatic rings. The van der Waals surface area contributed by atoms with Crippen LogP contribution in [0.3, 0.4) is 0 Å². The molecule has 4 fully saturated rings. The van der Waals surface area contributed by atoms with Crippen LogP contribution in [-0.2, 0) is 0 Å².